The van der Waals surface area contributed by atoms with Crippen molar-refractivity contribution in [3.63, 3.8) is 0 Å². The predicted molar refractivity (Wildman–Crippen MR) is 235 cm³/mol. The molecule has 0 aliphatic rings. The van der Waals surface area contributed by atoms with Crippen molar-refractivity contribution in [3.8, 4) is 0 Å². The number of allylic oxidation sites excluding steroid dienone is 20. The number of hydrogen-bond acceptors (Lipinski definition) is 7. The summed E-state index contributed by atoms with van der Waals surface area (Å²) in [5.74, 6) is -1.18. The number of aliphatic hydroxyl groups is 1. The number of carbonyl (C=O) groups excluding carboxylic acids is 2. The molecule has 2 atom stereocenters. The summed E-state index contributed by atoms with van der Waals surface area (Å²) in [5.41, 5.74) is 0. The molecule has 0 heterocycles. The Morgan fingerprint density at radius 3 is 1.56 bits per heavy atom. The molecule has 0 saturated heterocycles. The van der Waals surface area contributed by atoms with Gasteiger partial charge in [-0.05, 0) is 83.5 Å². The van der Waals surface area contributed by atoms with Gasteiger partial charge in [0.05, 0.1) is 12.7 Å². The topological polar surface area (TPSA) is 140 Å². The number of unbranched alkanes of at least 4 members (excludes halogenated alkanes) is 3. The number of ether oxygens (including phenoxy) is 2. The molecule has 0 radical (unpaired) electrons. The van der Waals surface area contributed by atoms with Crippen LogP contribution in [-0.4, -0.2) is 52.3 Å². The Labute approximate surface area is 344 Å². The summed E-state index contributed by atoms with van der Waals surface area (Å²) in [6, 6.07) is 0. The van der Waals surface area contributed by atoms with Crippen molar-refractivity contribution in [1.29, 1.82) is 0 Å². The largest absolute Gasteiger partial charge is 0.469 e. The smallest absolute Gasteiger partial charge is 0.462 e. The molecule has 1 unspecified atom stereocenters. The molecule has 0 aliphatic carbocycles. The number of phosphoric ester groups is 1. The van der Waals surface area contributed by atoms with Gasteiger partial charge >= 0.3 is 19.8 Å². The molecule has 0 rings (SSSR count). The summed E-state index contributed by atoms with van der Waals surface area (Å²) in [6.07, 6.45) is 56.4. The van der Waals surface area contributed by atoms with Gasteiger partial charge in [0.15, 0.2) is 6.10 Å². The normalized spacial score (nSPS) is 14.4. The van der Waals surface area contributed by atoms with Gasteiger partial charge in [-0.2, -0.15) is 0 Å². The highest BCUT2D eigenvalue weighted by Gasteiger charge is 2.22. The van der Waals surface area contributed by atoms with Crippen molar-refractivity contribution in [2.24, 2.45) is 0 Å². The highest BCUT2D eigenvalue weighted by molar-refractivity contribution is 7.46. The SMILES string of the molecule is CC/C=C\C/C=C\C/C=C\C/C=C\C=C/C(O)C/C=C\CCC(=O)OC[C@H](COP(=O)(O)O)OC(=O)CC/C=C\C/C=C\C/C=C\C/C=C\C/C=C\CCCCC. The van der Waals surface area contributed by atoms with E-state index in [0.717, 1.165) is 51.4 Å². The van der Waals surface area contributed by atoms with Gasteiger partial charge in [0.25, 0.3) is 0 Å². The molecule has 0 aliphatic heterocycles. The average Bonchev–Trinajstić information content (AvgIpc) is 3.18. The van der Waals surface area contributed by atoms with Crippen molar-refractivity contribution in [2.45, 2.75) is 135 Å². The minimum absolute atomic E-state index is 0.0363. The van der Waals surface area contributed by atoms with Gasteiger partial charge < -0.3 is 24.4 Å². The molecule has 10 heteroatoms. The zero-order valence-electron chi connectivity index (χ0n) is 34.5. The van der Waals surface area contributed by atoms with Crippen molar-refractivity contribution in [1.82, 2.24) is 0 Å². The molecular weight excluding hydrogens is 739 g/mol. The van der Waals surface area contributed by atoms with E-state index in [-0.39, 0.29) is 12.8 Å². The molecule has 0 saturated carbocycles. The second-order valence-electron chi connectivity index (χ2n) is 13.1. The van der Waals surface area contributed by atoms with Gasteiger partial charge in [0.1, 0.15) is 6.61 Å². The number of rotatable bonds is 35. The number of phosphoric acid groups is 1. The molecule has 0 spiro atoms. The van der Waals surface area contributed by atoms with Crippen LogP contribution in [0.15, 0.2) is 134 Å². The summed E-state index contributed by atoms with van der Waals surface area (Å²) in [7, 11) is -4.83. The lowest BCUT2D eigenvalue weighted by molar-refractivity contribution is -0.161. The number of hydrogen-bond donors (Lipinski definition) is 3. The summed E-state index contributed by atoms with van der Waals surface area (Å²) in [6.45, 7) is 3.30. The third kappa shape index (κ3) is 43.1. The van der Waals surface area contributed by atoms with Crippen LogP contribution in [0, 0.1) is 0 Å². The molecule has 0 bridgehead atoms. The molecule has 3 N–H and O–H groups in total. The van der Waals surface area contributed by atoms with Gasteiger partial charge in [-0.25, -0.2) is 4.57 Å². The molecular formula is C47H71O9P. The maximum Gasteiger partial charge on any atom is 0.469 e. The van der Waals surface area contributed by atoms with Gasteiger partial charge in [0.2, 0.25) is 0 Å². The van der Waals surface area contributed by atoms with Crippen molar-refractivity contribution in [3.05, 3.63) is 134 Å². The fourth-order valence-electron chi connectivity index (χ4n) is 4.70. The zero-order valence-corrected chi connectivity index (χ0v) is 35.4. The zero-order chi connectivity index (χ0) is 41.9. The molecule has 0 aromatic heterocycles. The molecule has 0 aromatic carbocycles. The highest BCUT2D eigenvalue weighted by atomic mass is 31.2. The van der Waals surface area contributed by atoms with Gasteiger partial charge in [-0.15, -0.1) is 0 Å². The van der Waals surface area contributed by atoms with Crippen LogP contribution in [-0.2, 0) is 28.2 Å². The van der Waals surface area contributed by atoms with Crippen LogP contribution in [0.1, 0.15) is 123 Å². The fourth-order valence-corrected chi connectivity index (χ4v) is 5.06. The van der Waals surface area contributed by atoms with Gasteiger partial charge in [-0.1, -0.05) is 160 Å². The van der Waals surface area contributed by atoms with Crippen LogP contribution in [0.3, 0.4) is 0 Å². The lowest BCUT2D eigenvalue weighted by Crippen LogP contribution is -2.29. The van der Waals surface area contributed by atoms with E-state index in [4.69, 9.17) is 19.3 Å². The first-order chi connectivity index (χ1) is 27.7. The standard InChI is InChI=1S/C47H71O9P/c1-3-5-7-9-11-13-15-17-18-19-20-21-22-24-26-28-30-32-36-41-47(50)56-45(43-55-57(51,52)53)42-54-46(49)40-37-33-35-39-44(48)38-34-31-29-27-25-23-16-14-12-10-8-6-4-2/h6,8,11-14,17-18,20-21,23-26,29-35,38,44-45,48H,3-5,7,9-10,15-16,19,22,27-28,36-37,39-43H2,1-2H3,(H2,51,52,53)/b8-6-,13-11-,14-12-,18-17-,21-20-,25-23-,26-24-,31-29-,32-30-,35-33-,38-34-/t44?,45-/m1/s1. The number of carbonyl (C=O) groups is 2. The Morgan fingerprint density at radius 2 is 1.04 bits per heavy atom. The predicted octanol–water partition coefficient (Wildman–Crippen LogP) is 11.7. The van der Waals surface area contributed by atoms with Crippen LogP contribution in [0.4, 0.5) is 0 Å². The Hall–Kier alpha value is -3.85. The average molecular weight is 811 g/mol. The Kier molecular flexibility index (Phi) is 37.6. The second kappa shape index (κ2) is 40.4. The summed E-state index contributed by atoms with van der Waals surface area (Å²) in [5, 5.41) is 10.1. The maximum atomic E-state index is 12.4. The van der Waals surface area contributed by atoms with E-state index in [1.165, 1.54) is 25.7 Å². The minimum atomic E-state index is -4.83. The minimum Gasteiger partial charge on any atom is -0.462 e. The molecule has 0 aromatic rings. The van der Waals surface area contributed by atoms with E-state index in [0.29, 0.717) is 19.3 Å². The molecule has 9 nitrogen and oxygen atoms in total. The van der Waals surface area contributed by atoms with E-state index >= 15 is 0 Å². The lowest BCUT2D eigenvalue weighted by atomic mass is 10.2. The number of aliphatic hydroxyl groups excluding tert-OH is 1. The summed E-state index contributed by atoms with van der Waals surface area (Å²) < 4.78 is 26.2. The van der Waals surface area contributed by atoms with E-state index in [9.17, 15) is 19.3 Å². The molecule has 0 fully saturated rings. The van der Waals surface area contributed by atoms with E-state index in [1.807, 2.05) is 30.4 Å². The van der Waals surface area contributed by atoms with Crippen LogP contribution in [0.25, 0.3) is 0 Å². The fraction of sp³-hybridized carbons (Fsp3) is 0.489. The van der Waals surface area contributed by atoms with Crippen molar-refractivity contribution >= 4 is 19.8 Å². The van der Waals surface area contributed by atoms with Gasteiger partial charge in [0, 0.05) is 12.8 Å². The summed E-state index contributed by atoms with van der Waals surface area (Å²) >= 11 is 0. The van der Waals surface area contributed by atoms with Crippen LogP contribution < -0.4 is 0 Å². The number of esters is 2. The first kappa shape index (κ1) is 53.1. The van der Waals surface area contributed by atoms with E-state index < -0.39 is 45.2 Å². The Bertz CT molecular complexity index is 1390. The van der Waals surface area contributed by atoms with Crippen LogP contribution >= 0.6 is 7.82 Å². The van der Waals surface area contributed by atoms with Gasteiger partial charge in [-0.3, -0.25) is 14.1 Å². The second-order valence-corrected chi connectivity index (χ2v) is 14.3. The molecule has 0 amide bonds. The maximum absolute atomic E-state index is 12.4. The monoisotopic (exact) mass is 810 g/mol. The quantitative estimate of drug-likeness (QED) is 0.0188. The van der Waals surface area contributed by atoms with Crippen LogP contribution in [0.2, 0.25) is 0 Å². The molecule has 318 valence electrons. The lowest BCUT2D eigenvalue weighted by Gasteiger charge is -2.18. The Balaban J connectivity index is 4.31. The Morgan fingerprint density at radius 1 is 0.561 bits per heavy atom. The first-order valence-corrected chi connectivity index (χ1v) is 22.1. The third-order valence-corrected chi connectivity index (χ3v) is 8.25. The molecule has 57 heavy (non-hydrogen) atoms. The van der Waals surface area contributed by atoms with Crippen molar-refractivity contribution < 1.29 is 43.0 Å². The van der Waals surface area contributed by atoms with E-state index in [2.05, 4.69) is 97.4 Å². The highest BCUT2D eigenvalue weighted by Crippen LogP contribution is 2.35. The summed E-state index contributed by atoms with van der Waals surface area (Å²) in [4.78, 5) is 42.8. The first-order valence-electron chi connectivity index (χ1n) is 20.6. The van der Waals surface area contributed by atoms with E-state index in [1.54, 1.807) is 24.3 Å². The van der Waals surface area contributed by atoms with Crippen molar-refractivity contribution in [2.75, 3.05) is 13.2 Å². The van der Waals surface area contributed by atoms with Crippen LogP contribution in [0.5, 0.6) is 0 Å². The third-order valence-electron chi connectivity index (χ3n) is 7.76.